The molecule has 0 heterocycles. The van der Waals surface area contributed by atoms with Crippen molar-refractivity contribution in [1.82, 2.24) is 10.6 Å². The van der Waals surface area contributed by atoms with Gasteiger partial charge in [-0.2, -0.15) is 0 Å². The Bertz CT molecular complexity index is 522. The zero-order valence-corrected chi connectivity index (χ0v) is 14.8. The van der Waals surface area contributed by atoms with Crippen molar-refractivity contribution in [1.29, 1.82) is 0 Å². The number of rotatable bonds is 5. The van der Waals surface area contributed by atoms with Gasteiger partial charge in [0.05, 0.1) is 0 Å². The summed E-state index contributed by atoms with van der Waals surface area (Å²) in [7, 11) is 0. The molecule has 23 heavy (non-hydrogen) atoms. The van der Waals surface area contributed by atoms with E-state index in [1.54, 1.807) is 0 Å². The molecule has 1 aromatic rings. The van der Waals surface area contributed by atoms with Gasteiger partial charge in [0.15, 0.2) is 0 Å². The molecule has 128 valence electrons. The highest BCUT2D eigenvalue weighted by atomic mass is 16.6. The van der Waals surface area contributed by atoms with Gasteiger partial charge in [-0.1, -0.05) is 31.2 Å². The Balaban J connectivity index is 1.71. The molecular weight excluding hydrogens is 288 g/mol. The average Bonchev–Trinajstić information content (AvgIpc) is 2.47. The Morgan fingerprint density at radius 2 is 1.87 bits per heavy atom. The predicted octanol–water partition coefficient (Wildman–Crippen LogP) is 4.13. The maximum absolute atomic E-state index is 11.6. The summed E-state index contributed by atoms with van der Waals surface area (Å²) in [5.74, 6) is 0.651. The van der Waals surface area contributed by atoms with Crippen LogP contribution in [-0.2, 0) is 4.74 Å². The van der Waals surface area contributed by atoms with Crippen molar-refractivity contribution in [3.8, 4) is 0 Å². The zero-order valence-electron chi connectivity index (χ0n) is 14.8. The molecule has 0 aliphatic heterocycles. The number of hydrogen-bond donors (Lipinski definition) is 2. The number of alkyl carbamates (subject to hydrolysis) is 1. The van der Waals surface area contributed by atoms with Crippen LogP contribution in [0.15, 0.2) is 24.3 Å². The average molecular weight is 318 g/mol. The van der Waals surface area contributed by atoms with Crippen LogP contribution >= 0.6 is 0 Å². The number of nitrogens with one attached hydrogen (secondary N) is 2. The molecule has 0 radical (unpaired) electrons. The first kappa shape index (κ1) is 17.8. The highest BCUT2D eigenvalue weighted by Gasteiger charge is 2.23. The molecule has 0 bridgehead atoms. The third kappa shape index (κ3) is 5.54. The second kappa shape index (κ2) is 7.82. The van der Waals surface area contributed by atoms with Crippen LogP contribution in [0.4, 0.5) is 4.79 Å². The van der Waals surface area contributed by atoms with Crippen LogP contribution in [0.2, 0.25) is 0 Å². The first-order valence-corrected chi connectivity index (χ1v) is 8.66. The minimum absolute atomic E-state index is 0.339. The first-order valence-electron chi connectivity index (χ1n) is 8.66. The van der Waals surface area contributed by atoms with Crippen LogP contribution in [0.1, 0.15) is 70.0 Å². The lowest BCUT2D eigenvalue weighted by Gasteiger charge is -2.30. The van der Waals surface area contributed by atoms with E-state index in [0.717, 1.165) is 13.0 Å². The lowest BCUT2D eigenvalue weighted by Crippen LogP contribution is -2.34. The minimum Gasteiger partial charge on any atom is -0.444 e. The van der Waals surface area contributed by atoms with E-state index in [2.05, 4.69) is 41.8 Å². The maximum Gasteiger partial charge on any atom is 0.407 e. The number of benzene rings is 1. The molecule has 2 rings (SSSR count). The van der Waals surface area contributed by atoms with Crippen molar-refractivity contribution in [2.45, 2.75) is 64.5 Å². The number of carbonyl (C=O) groups is 1. The Kier molecular flexibility index (Phi) is 6.05. The SMILES string of the molecule is CC1CCC(NCCCNC(=O)OC(C)(C)C)c2ccccc21. The van der Waals surface area contributed by atoms with Gasteiger partial charge in [-0.3, -0.25) is 0 Å². The van der Waals surface area contributed by atoms with Crippen molar-refractivity contribution >= 4 is 6.09 Å². The summed E-state index contributed by atoms with van der Waals surface area (Å²) in [6, 6.07) is 9.17. The summed E-state index contributed by atoms with van der Waals surface area (Å²) >= 11 is 0. The summed E-state index contributed by atoms with van der Waals surface area (Å²) in [5.41, 5.74) is 2.47. The fraction of sp³-hybridized carbons (Fsp3) is 0.632. The van der Waals surface area contributed by atoms with E-state index in [-0.39, 0.29) is 6.09 Å². The normalized spacial score (nSPS) is 20.7. The summed E-state index contributed by atoms with van der Waals surface area (Å²) in [6.07, 6.45) is 2.96. The summed E-state index contributed by atoms with van der Waals surface area (Å²) in [5, 5.41) is 6.43. The molecule has 0 aromatic heterocycles. The van der Waals surface area contributed by atoms with Crippen molar-refractivity contribution in [3.05, 3.63) is 35.4 Å². The highest BCUT2D eigenvalue weighted by molar-refractivity contribution is 5.67. The van der Waals surface area contributed by atoms with Crippen LogP contribution in [0.25, 0.3) is 0 Å². The Labute approximate surface area is 140 Å². The van der Waals surface area contributed by atoms with Crippen molar-refractivity contribution in [2.75, 3.05) is 13.1 Å². The third-order valence-corrected chi connectivity index (χ3v) is 4.20. The van der Waals surface area contributed by atoms with Gasteiger partial charge in [-0.15, -0.1) is 0 Å². The van der Waals surface area contributed by atoms with E-state index in [9.17, 15) is 4.79 Å². The van der Waals surface area contributed by atoms with Crippen molar-refractivity contribution in [2.24, 2.45) is 0 Å². The van der Waals surface area contributed by atoms with Crippen LogP contribution in [0.5, 0.6) is 0 Å². The molecule has 2 N–H and O–H groups in total. The van der Waals surface area contributed by atoms with Gasteiger partial charge in [-0.05, 0) is 63.6 Å². The molecule has 1 aromatic carbocycles. The Morgan fingerprint density at radius 3 is 2.57 bits per heavy atom. The van der Waals surface area contributed by atoms with Crippen molar-refractivity contribution < 1.29 is 9.53 Å². The second-order valence-electron chi connectivity index (χ2n) is 7.40. The fourth-order valence-electron chi connectivity index (χ4n) is 3.09. The van der Waals surface area contributed by atoms with Gasteiger partial charge in [-0.25, -0.2) is 4.79 Å². The molecule has 4 nitrogen and oxygen atoms in total. The van der Waals surface area contributed by atoms with E-state index in [1.807, 2.05) is 20.8 Å². The molecule has 0 saturated heterocycles. The molecule has 0 fully saturated rings. The maximum atomic E-state index is 11.6. The zero-order chi connectivity index (χ0) is 16.9. The van der Waals surface area contributed by atoms with Crippen LogP contribution in [-0.4, -0.2) is 24.8 Å². The highest BCUT2D eigenvalue weighted by Crippen LogP contribution is 2.36. The number of hydrogen-bond acceptors (Lipinski definition) is 3. The molecule has 0 spiro atoms. The lowest BCUT2D eigenvalue weighted by atomic mass is 9.81. The van der Waals surface area contributed by atoms with Crippen LogP contribution < -0.4 is 10.6 Å². The van der Waals surface area contributed by atoms with E-state index in [0.29, 0.717) is 18.5 Å². The smallest absolute Gasteiger partial charge is 0.407 e. The quantitative estimate of drug-likeness (QED) is 0.803. The largest absolute Gasteiger partial charge is 0.444 e. The fourth-order valence-corrected chi connectivity index (χ4v) is 3.09. The summed E-state index contributed by atoms with van der Waals surface area (Å²) < 4.78 is 5.22. The number of carbonyl (C=O) groups excluding carboxylic acids is 1. The third-order valence-electron chi connectivity index (χ3n) is 4.20. The number of ether oxygens (including phenoxy) is 1. The van der Waals surface area contributed by atoms with Gasteiger partial charge >= 0.3 is 6.09 Å². The van der Waals surface area contributed by atoms with Crippen LogP contribution in [0.3, 0.4) is 0 Å². The molecule has 0 saturated carbocycles. The summed E-state index contributed by atoms with van der Waals surface area (Å²) in [6.45, 7) is 9.44. The molecule has 4 heteroatoms. The topological polar surface area (TPSA) is 50.4 Å². The van der Waals surface area contributed by atoms with E-state index < -0.39 is 5.60 Å². The lowest BCUT2D eigenvalue weighted by molar-refractivity contribution is 0.0527. The molecular formula is C19H30N2O2. The van der Waals surface area contributed by atoms with Gasteiger partial charge in [0.2, 0.25) is 0 Å². The Morgan fingerprint density at radius 1 is 1.17 bits per heavy atom. The predicted molar refractivity (Wildman–Crippen MR) is 93.7 cm³/mol. The van der Waals surface area contributed by atoms with Gasteiger partial charge in [0.1, 0.15) is 5.60 Å². The minimum atomic E-state index is -0.440. The summed E-state index contributed by atoms with van der Waals surface area (Å²) in [4.78, 5) is 11.6. The van der Waals surface area contributed by atoms with Gasteiger partial charge in [0.25, 0.3) is 0 Å². The molecule has 1 amide bonds. The standard InChI is InChI=1S/C19H30N2O2/c1-14-10-11-17(16-9-6-5-8-15(14)16)20-12-7-13-21-18(22)23-19(2,3)4/h5-6,8-9,14,17,20H,7,10-13H2,1-4H3,(H,21,22). The first-order chi connectivity index (χ1) is 10.9. The number of amides is 1. The van der Waals surface area contributed by atoms with E-state index in [4.69, 9.17) is 4.74 Å². The van der Waals surface area contributed by atoms with E-state index in [1.165, 1.54) is 24.0 Å². The van der Waals surface area contributed by atoms with E-state index >= 15 is 0 Å². The van der Waals surface area contributed by atoms with Crippen LogP contribution in [0, 0.1) is 0 Å². The molecule has 1 aliphatic rings. The monoisotopic (exact) mass is 318 g/mol. The number of fused-ring (bicyclic) bond motifs is 1. The second-order valence-corrected chi connectivity index (χ2v) is 7.40. The molecule has 1 aliphatic carbocycles. The van der Waals surface area contributed by atoms with Crippen molar-refractivity contribution in [3.63, 3.8) is 0 Å². The molecule has 2 unspecified atom stereocenters. The van der Waals surface area contributed by atoms with Gasteiger partial charge in [0, 0.05) is 12.6 Å². The van der Waals surface area contributed by atoms with Gasteiger partial charge < -0.3 is 15.4 Å². The molecule has 2 atom stereocenters. The Hall–Kier alpha value is -1.55.